The SMILES string of the molecule is c1onc2c1NCCC2. The van der Waals surface area contributed by atoms with Gasteiger partial charge in [0.25, 0.3) is 0 Å². The molecule has 1 aliphatic heterocycles. The summed E-state index contributed by atoms with van der Waals surface area (Å²) in [6, 6.07) is 0. The molecular weight excluding hydrogens is 116 g/mol. The van der Waals surface area contributed by atoms with Crippen molar-refractivity contribution in [2.24, 2.45) is 0 Å². The van der Waals surface area contributed by atoms with Crippen LogP contribution in [0.1, 0.15) is 12.1 Å². The van der Waals surface area contributed by atoms with Gasteiger partial charge < -0.3 is 9.84 Å². The zero-order valence-corrected chi connectivity index (χ0v) is 5.05. The lowest BCUT2D eigenvalue weighted by Crippen LogP contribution is -2.09. The minimum absolute atomic E-state index is 1.05. The Hall–Kier alpha value is -0.990. The summed E-state index contributed by atoms with van der Waals surface area (Å²) in [4.78, 5) is 0. The van der Waals surface area contributed by atoms with Crippen molar-refractivity contribution >= 4 is 5.69 Å². The van der Waals surface area contributed by atoms with Gasteiger partial charge in [-0.2, -0.15) is 0 Å². The summed E-state index contributed by atoms with van der Waals surface area (Å²) < 4.78 is 4.75. The Labute approximate surface area is 53.0 Å². The molecule has 3 nitrogen and oxygen atoms in total. The van der Waals surface area contributed by atoms with E-state index in [0.29, 0.717) is 0 Å². The number of rotatable bonds is 0. The maximum absolute atomic E-state index is 4.75. The van der Waals surface area contributed by atoms with E-state index in [0.717, 1.165) is 24.3 Å². The van der Waals surface area contributed by atoms with Crippen molar-refractivity contribution in [2.75, 3.05) is 11.9 Å². The van der Waals surface area contributed by atoms with E-state index in [1.54, 1.807) is 6.26 Å². The summed E-state index contributed by atoms with van der Waals surface area (Å²) >= 11 is 0. The van der Waals surface area contributed by atoms with Crippen LogP contribution in [0, 0.1) is 0 Å². The average molecular weight is 124 g/mol. The average Bonchev–Trinajstić information content (AvgIpc) is 2.33. The highest BCUT2D eigenvalue weighted by molar-refractivity contribution is 5.46. The number of nitrogens with one attached hydrogen (secondary N) is 1. The second-order valence-electron chi connectivity index (χ2n) is 2.21. The second kappa shape index (κ2) is 1.76. The van der Waals surface area contributed by atoms with Gasteiger partial charge in [-0.1, -0.05) is 5.16 Å². The summed E-state index contributed by atoms with van der Waals surface area (Å²) in [6.07, 6.45) is 3.88. The van der Waals surface area contributed by atoms with E-state index >= 15 is 0 Å². The van der Waals surface area contributed by atoms with Crippen molar-refractivity contribution in [3.8, 4) is 0 Å². The molecule has 2 rings (SSSR count). The number of aryl methyl sites for hydroxylation is 1. The molecule has 0 atom stereocenters. The molecule has 2 heterocycles. The highest BCUT2D eigenvalue weighted by Gasteiger charge is 2.10. The van der Waals surface area contributed by atoms with Gasteiger partial charge in [-0.05, 0) is 12.8 Å². The van der Waals surface area contributed by atoms with Crippen LogP contribution in [-0.4, -0.2) is 11.7 Å². The Morgan fingerprint density at radius 1 is 1.67 bits per heavy atom. The van der Waals surface area contributed by atoms with Crippen molar-refractivity contribution in [2.45, 2.75) is 12.8 Å². The van der Waals surface area contributed by atoms with Crippen molar-refractivity contribution in [3.05, 3.63) is 12.0 Å². The third-order valence-electron chi connectivity index (χ3n) is 1.55. The van der Waals surface area contributed by atoms with Crippen LogP contribution < -0.4 is 5.32 Å². The molecule has 1 N–H and O–H groups in total. The lowest BCUT2D eigenvalue weighted by atomic mass is 10.1. The zero-order chi connectivity index (χ0) is 6.10. The Kier molecular flexibility index (Phi) is 0.946. The first-order valence-electron chi connectivity index (χ1n) is 3.14. The molecule has 0 aliphatic carbocycles. The summed E-state index contributed by atoms with van der Waals surface area (Å²) in [5.74, 6) is 0. The summed E-state index contributed by atoms with van der Waals surface area (Å²) in [5.41, 5.74) is 2.14. The van der Waals surface area contributed by atoms with Gasteiger partial charge in [0, 0.05) is 6.54 Å². The van der Waals surface area contributed by atoms with Crippen molar-refractivity contribution < 1.29 is 4.52 Å². The normalized spacial score (nSPS) is 16.4. The minimum atomic E-state index is 1.05. The molecule has 1 aromatic rings. The van der Waals surface area contributed by atoms with E-state index < -0.39 is 0 Å². The van der Waals surface area contributed by atoms with Crippen molar-refractivity contribution in [1.29, 1.82) is 0 Å². The van der Waals surface area contributed by atoms with Crippen LogP contribution in [0.2, 0.25) is 0 Å². The fourth-order valence-corrected chi connectivity index (χ4v) is 1.06. The molecule has 0 saturated carbocycles. The summed E-state index contributed by atoms with van der Waals surface area (Å²) in [5, 5.41) is 7.01. The Balaban J connectivity index is 2.39. The van der Waals surface area contributed by atoms with Gasteiger partial charge in [0.2, 0.25) is 0 Å². The number of anilines is 1. The van der Waals surface area contributed by atoms with Gasteiger partial charge in [0.1, 0.15) is 12.0 Å². The number of hydrogen-bond donors (Lipinski definition) is 1. The third-order valence-corrected chi connectivity index (χ3v) is 1.55. The molecule has 9 heavy (non-hydrogen) atoms. The minimum Gasteiger partial charge on any atom is -0.381 e. The molecule has 0 fully saturated rings. The third kappa shape index (κ3) is 0.686. The number of hydrogen-bond acceptors (Lipinski definition) is 3. The van der Waals surface area contributed by atoms with Gasteiger partial charge in [0.15, 0.2) is 0 Å². The second-order valence-corrected chi connectivity index (χ2v) is 2.21. The Bertz CT molecular complexity index is 186. The first-order valence-corrected chi connectivity index (χ1v) is 3.14. The van der Waals surface area contributed by atoms with E-state index in [1.807, 2.05) is 0 Å². The highest BCUT2D eigenvalue weighted by atomic mass is 16.5. The van der Waals surface area contributed by atoms with E-state index in [-0.39, 0.29) is 0 Å². The van der Waals surface area contributed by atoms with Crippen molar-refractivity contribution in [3.63, 3.8) is 0 Å². The largest absolute Gasteiger partial charge is 0.381 e. The predicted molar refractivity (Wildman–Crippen MR) is 33.3 cm³/mol. The smallest absolute Gasteiger partial charge is 0.147 e. The van der Waals surface area contributed by atoms with Gasteiger partial charge in [-0.15, -0.1) is 0 Å². The van der Waals surface area contributed by atoms with E-state index in [1.165, 1.54) is 6.42 Å². The molecule has 0 unspecified atom stereocenters. The lowest BCUT2D eigenvalue weighted by molar-refractivity contribution is 0.412. The van der Waals surface area contributed by atoms with Gasteiger partial charge in [-0.25, -0.2) is 0 Å². The van der Waals surface area contributed by atoms with E-state index in [2.05, 4.69) is 10.5 Å². The van der Waals surface area contributed by atoms with Crippen LogP contribution in [0.15, 0.2) is 10.8 Å². The van der Waals surface area contributed by atoms with E-state index in [4.69, 9.17) is 4.52 Å². The van der Waals surface area contributed by atoms with Gasteiger partial charge in [-0.3, -0.25) is 0 Å². The summed E-state index contributed by atoms with van der Waals surface area (Å²) in [6.45, 7) is 1.05. The Morgan fingerprint density at radius 2 is 2.67 bits per heavy atom. The number of nitrogens with zero attached hydrogens (tertiary/aromatic N) is 1. The van der Waals surface area contributed by atoms with Crippen LogP contribution in [0.25, 0.3) is 0 Å². The Morgan fingerprint density at radius 3 is 3.56 bits per heavy atom. The molecule has 48 valence electrons. The molecule has 0 amide bonds. The first-order chi connectivity index (χ1) is 4.47. The zero-order valence-electron chi connectivity index (χ0n) is 5.05. The van der Waals surface area contributed by atoms with Crippen molar-refractivity contribution in [1.82, 2.24) is 5.16 Å². The molecule has 0 spiro atoms. The van der Waals surface area contributed by atoms with Gasteiger partial charge in [0.05, 0.1) is 5.69 Å². The van der Waals surface area contributed by atoms with Crippen LogP contribution in [0.3, 0.4) is 0 Å². The molecule has 0 bridgehead atoms. The van der Waals surface area contributed by atoms with Crippen LogP contribution >= 0.6 is 0 Å². The molecule has 1 aromatic heterocycles. The molecule has 0 saturated heterocycles. The number of aromatic nitrogens is 1. The lowest BCUT2D eigenvalue weighted by Gasteiger charge is -2.09. The quantitative estimate of drug-likeness (QED) is 0.561. The maximum atomic E-state index is 4.75. The standard InChI is InChI=1S/C6H8N2O/c1-2-5-6(7-3-1)4-9-8-5/h4,7H,1-3H2. The molecule has 1 aliphatic rings. The maximum Gasteiger partial charge on any atom is 0.147 e. The molecule has 0 aromatic carbocycles. The molecule has 0 radical (unpaired) electrons. The highest BCUT2D eigenvalue weighted by Crippen LogP contribution is 2.18. The van der Waals surface area contributed by atoms with Crippen LogP contribution in [-0.2, 0) is 6.42 Å². The molecule has 3 heteroatoms. The fourth-order valence-electron chi connectivity index (χ4n) is 1.06. The van der Waals surface area contributed by atoms with Gasteiger partial charge >= 0.3 is 0 Å². The first kappa shape index (κ1) is 4.85. The monoisotopic (exact) mass is 124 g/mol. The molecular formula is C6H8N2O. The predicted octanol–water partition coefficient (Wildman–Crippen LogP) is 1.03. The summed E-state index contributed by atoms with van der Waals surface area (Å²) in [7, 11) is 0. The topological polar surface area (TPSA) is 38.1 Å². The van der Waals surface area contributed by atoms with E-state index in [9.17, 15) is 0 Å². The van der Waals surface area contributed by atoms with Crippen LogP contribution in [0.4, 0.5) is 5.69 Å². The van der Waals surface area contributed by atoms with Crippen LogP contribution in [0.5, 0.6) is 0 Å². The number of fused-ring (bicyclic) bond motifs is 1. The fraction of sp³-hybridized carbons (Fsp3) is 0.500.